The van der Waals surface area contributed by atoms with Gasteiger partial charge in [0.05, 0.1) is 0 Å². The average Bonchev–Trinajstić information content (AvgIpc) is 2.76. The zero-order chi connectivity index (χ0) is 14.7. The Morgan fingerprint density at radius 1 is 1.00 bits per heavy atom. The maximum Gasteiger partial charge on any atom is 0.264 e. The van der Waals surface area contributed by atoms with E-state index < -0.39 is 0 Å². The van der Waals surface area contributed by atoms with Crippen molar-refractivity contribution in [3.05, 3.63) is 23.8 Å². The van der Waals surface area contributed by atoms with Crippen LogP contribution in [0.5, 0.6) is 11.5 Å². The summed E-state index contributed by atoms with van der Waals surface area (Å²) in [4.78, 5) is 0. The number of rotatable bonds is 2. The third-order valence-corrected chi connectivity index (χ3v) is 1.99. The molecule has 1 aromatic carbocycles. The van der Waals surface area contributed by atoms with E-state index >= 15 is 0 Å². The number of benzene rings is 1. The van der Waals surface area contributed by atoms with Gasteiger partial charge in [0.25, 0.3) is 6.29 Å². The van der Waals surface area contributed by atoms with Crippen LogP contribution in [0, 0.1) is 6.92 Å². The van der Waals surface area contributed by atoms with Gasteiger partial charge in [0.15, 0.2) is 11.5 Å². The van der Waals surface area contributed by atoms with E-state index in [1.165, 1.54) is 0 Å². The van der Waals surface area contributed by atoms with E-state index in [1.54, 1.807) is 35.5 Å². The summed E-state index contributed by atoms with van der Waals surface area (Å²) >= 11 is 0. The minimum atomic E-state index is -0.291. The molecule has 0 aliphatic carbocycles. The Morgan fingerprint density at radius 3 is 2.05 bits per heavy atom. The molecule has 1 aliphatic rings. The van der Waals surface area contributed by atoms with Gasteiger partial charge in [-0.1, -0.05) is 12.1 Å². The summed E-state index contributed by atoms with van der Waals surface area (Å²) < 4.78 is 24.5. The van der Waals surface area contributed by atoms with Gasteiger partial charge in [0, 0.05) is 35.5 Å². The number of para-hydroxylation sites is 1. The van der Waals surface area contributed by atoms with E-state index in [1.807, 2.05) is 25.1 Å². The highest BCUT2D eigenvalue weighted by Crippen LogP contribution is 2.37. The van der Waals surface area contributed by atoms with Crippen molar-refractivity contribution in [2.75, 3.05) is 42.2 Å². The van der Waals surface area contributed by atoms with Crippen LogP contribution in [0.1, 0.15) is 5.56 Å². The Morgan fingerprint density at radius 2 is 1.58 bits per heavy atom. The Bertz CT molecular complexity index is 339. The highest BCUT2D eigenvalue weighted by molar-refractivity contribution is 5.47. The Labute approximate surface area is 115 Å². The van der Waals surface area contributed by atoms with Crippen molar-refractivity contribution in [2.24, 2.45) is 0 Å². The van der Waals surface area contributed by atoms with Crippen LogP contribution in [0.15, 0.2) is 18.2 Å². The van der Waals surface area contributed by atoms with Gasteiger partial charge in [-0.05, 0) is 18.6 Å². The summed E-state index contributed by atoms with van der Waals surface area (Å²) in [6, 6.07) is 5.85. The topological polar surface area (TPSA) is 46.2 Å². The summed E-state index contributed by atoms with van der Waals surface area (Å²) in [5.41, 5.74) is 1.09. The standard InChI is InChI=1S/C10H12O3.2C2H6O/c1-7-4-3-5-8-10(7)13-9(12-8)6-11-2;2*1-3-2/h3-5,9H,6H2,1-2H3;2*1-2H3. The highest BCUT2D eigenvalue weighted by atomic mass is 16.7. The molecule has 1 atom stereocenters. The molecule has 0 saturated heterocycles. The molecule has 0 aromatic heterocycles. The lowest BCUT2D eigenvalue weighted by atomic mass is 10.2. The second-order valence-corrected chi connectivity index (χ2v) is 3.84. The summed E-state index contributed by atoms with van der Waals surface area (Å²) in [7, 11) is 8.13. The number of hydrogen-bond donors (Lipinski definition) is 0. The Hall–Kier alpha value is -1.30. The first kappa shape index (κ1) is 17.7. The maximum absolute atomic E-state index is 5.53. The first-order valence-corrected chi connectivity index (χ1v) is 5.86. The normalized spacial score (nSPS) is 14.9. The predicted octanol–water partition coefficient (Wildman–Crippen LogP) is 2.26. The summed E-state index contributed by atoms with van der Waals surface area (Å²) in [6.45, 7) is 2.45. The van der Waals surface area contributed by atoms with Gasteiger partial charge in [-0.3, -0.25) is 0 Å². The largest absolute Gasteiger partial charge is 0.448 e. The fraction of sp³-hybridized carbons (Fsp3) is 0.571. The molecule has 0 N–H and O–H groups in total. The summed E-state index contributed by atoms with van der Waals surface area (Å²) in [5, 5.41) is 0. The van der Waals surface area contributed by atoms with Crippen LogP contribution >= 0.6 is 0 Å². The van der Waals surface area contributed by atoms with Crippen molar-refractivity contribution in [1.82, 2.24) is 0 Å². The molecule has 0 saturated carbocycles. The van der Waals surface area contributed by atoms with Crippen LogP contribution in [0.2, 0.25) is 0 Å². The van der Waals surface area contributed by atoms with Crippen molar-refractivity contribution in [3.8, 4) is 11.5 Å². The van der Waals surface area contributed by atoms with Gasteiger partial charge in [0.1, 0.15) is 6.61 Å². The van der Waals surface area contributed by atoms with Gasteiger partial charge >= 0.3 is 0 Å². The smallest absolute Gasteiger partial charge is 0.264 e. The molecule has 5 heteroatoms. The molecule has 19 heavy (non-hydrogen) atoms. The lowest BCUT2D eigenvalue weighted by molar-refractivity contribution is -0.0175. The summed E-state index contributed by atoms with van der Waals surface area (Å²) in [6.07, 6.45) is -0.291. The monoisotopic (exact) mass is 272 g/mol. The zero-order valence-electron chi connectivity index (χ0n) is 12.6. The average molecular weight is 272 g/mol. The van der Waals surface area contributed by atoms with E-state index in [0.29, 0.717) is 6.61 Å². The molecule has 110 valence electrons. The molecular weight excluding hydrogens is 248 g/mol. The number of aryl methyl sites for hydroxylation is 1. The number of ether oxygens (including phenoxy) is 5. The second-order valence-electron chi connectivity index (χ2n) is 3.84. The van der Waals surface area contributed by atoms with E-state index in [9.17, 15) is 0 Å². The van der Waals surface area contributed by atoms with Crippen molar-refractivity contribution in [3.63, 3.8) is 0 Å². The molecule has 0 amide bonds. The SMILES string of the molecule is COC.COC.COCC1Oc2cccc(C)c2O1. The minimum absolute atomic E-state index is 0.291. The minimum Gasteiger partial charge on any atom is -0.448 e. The lowest BCUT2D eigenvalue weighted by Crippen LogP contribution is -2.23. The van der Waals surface area contributed by atoms with Crippen molar-refractivity contribution in [2.45, 2.75) is 13.2 Å². The molecule has 2 rings (SSSR count). The van der Waals surface area contributed by atoms with E-state index in [4.69, 9.17) is 14.2 Å². The van der Waals surface area contributed by atoms with Crippen molar-refractivity contribution in [1.29, 1.82) is 0 Å². The van der Waals surface area contributed by atoms with Crippen LogP contribution in [0.4, 0.5) is 0 Å². The molecular formula is C14H24O5. The van der Waals surface area contributed by atoms with Crippen LogP contribution in [0.25, 0.3) is 0 Å². The Kier molecular flexibility index (Phi) is 9.88. The van der Waals surface area contributed by atoms with Crippen molar-refractivity contribution >= 4 is 0 Å². The molecule has 5 nitrogen and oxygen atoms in total. The third-order valence-electron chi connectivity index (χ3n) is 1.99. The van der Waals surface area contributed by atoms with Gasteiger partial charge in [-0.2, -0.15) is 0 Å². The van der Waals surface area contributed by atoms with Gasteiger partial charge in [-0.25, -0.2) is 0 Å². The summed E-state index contributed by atoms with van der Waals surface area (Å²) in [5.74, 6) is 1.65. The van der Waals surface area contributed by atoms with Crippen LogP contribution < -0.4 is 9.47 Å². The third kappa shape index (κ3) is 6.42. The number of hydrogen-bond acceptors (Lipinski definition) is 5. The highest BCUT2D eigenvalue weighted by Gasteiger charge is 2.24. The molecule has 1 aliphatic heterocycles. The van der Waals surface area contributed by atoms with E-state index in [0.717, 1.165) is 17.1 Å². The van der Waals surface area contributed by atoms with E-state index in [-0.39, 0.29) is 6.29 Å². The lowest BCUT2D eigenvalue weighted by Gasteiger charge is -2.07. The first-order chi connectivity index (χ1) is 9.14. The van der Waals surface area contributed by atoms with Crippen LogP contribution in [-0.4, -0.2) is 48.4 Å². The predicted molar refractivity (Wildman–Crippen MR) is 74.0 cm³/mol. The van der Waals surface area contributed by atoms with Gasteiger partial charge < -0.3 is 23.7 Å². The van der Waals surface area contributed by atoms with Gasteiger partial charge in [-0.15, -0.1) is 0 Å². The van der Waals surface area contributed by atoms with Crippen LogP contribution in [0.3, 0.4) is 0 Å². The van der Waals surface area contributed by atoms with Gasteiger partial charge in [0.2, 0.25) is 0 Å². The fourth-order valence-electron chi connectivity index (χ4n) is 1.37. The Balaban J connectivity index is 0.000000465. The van der Waals surface area contributed by atoms with Crippen LogP contribution in [-0.2, 0) is 14.2 Å². The first-order valence-electron chi connectivity index (χ1n) is 5.86. The second kappa shape index (κ2) is 10.6. The molecule has 0 radical (unpaired) electrons. The zero-order valence-corrected chi connectivity index (χ0v) is 12.6. The molecule has 0 fully saturated rings. The number of methoxy groups -OCH3 is 3. The van der Waals surface area contributed by atoms with Crippen molar-refractivity contribution < 1.29 is 23.7 Å². The number of fused-ring (bicyclic) bond motifs is 1. The molecule has 0 spiro atoms. The molecule has 1 aromatic rings. The molecule has 0 bridgehead atoms. The molecule has 1 unspecified atom stereocenters. The maximum atomic E-state index is 5.53. The molecule has 1 heterocycles. The van der Waals surface area contributed by atoms with E-state index in [2.05, 4.69) is 9.47 Å². The fourth-order valence-corrected chi connectivity index (χ4v) is 1.37. The quantitative estimate of drug-likeness (QED) is 0.826.